The van der Waals surface area contributed by atoms with Crippen molar-refractivity contribution in [3.8, 4) is 11.5 Å². The Morgan fingerprint density at radius 1 is 0.861 bits per heavy atom. The second kappa shape index (κ2) is 12.2. The van der Waals surface area contributed by atoms with Crippen LogP contribution < -0.4 is 15.0 Å². The third kappa shape index (κ3) is 7.70. The van der Waals surface area contributed by atoms with Crippen LogP contribution in [-0.2, 0) is 13.1 Å². The van der Waals surface area contributed by atoms with Crippen molar-refractivity contribution in [3.63, 3.8) is 0 Å². The average molecular weight is 491 g/mol. The Kier molecular flexibility index (Phi) is 8.83. The Balaban J connectivity index is 1.19. The van der Waals surface area contributed by atoms with E-state index in [0.717, 1.165) is 56.0 Å². The van der Waals surface area contributed by atoms with Crippen molar-refractivity contribution in [2.75, 3.05) is 26.3 Å². The van der Waals surface area contributed by atoms with Crippen LogP contribution in [0.15, 0.2) is 71.7 Å². The molecule has 0 bridgehead atoms. The summed E-state index contributed by atoms with van der Waals surface area (Å²) in [7, 11) is 0. The fraction of sp³-hybridized carbons (Fsp3) is 0.433. The lowest BCUT2D eigenvalue weighted by atomic mass is 9.96. The number of aliphatic hydroxyl groups is 1. The molecule has 1 unspecified atom stereocenters. The van der Waals surface area contributed by atoms with Crippen molar-refractivity contribution < 1.29 is 14.6 Å². The summed E-state index contributed by atoms with van der Waals surface area (Å²) in [4.78, 5) is 14.3. The molecule has 0 radical (unpaired) electrons. The van der Waals surface area contributed by atoms with Crippen LogP contribution in [-0.4, -0.2) is 46.5 Å². The van der Waals surface area contributed by atoms with E-state index in [0.29, 0.717) is 26.2 Å². The molecule has 1 atom stereocenters. The number of nitrogens with zero attached hydrogens (tertiary/aromatic N) is 2. The van der Waals surface area contributed by atoms with Gasteiger partial charge in [0, 0.05) is 31.9 Å². The summed E-state index contributed by atoms with van der Waals surface area (Å²) < 4.78 is 13.5. The summed E-state index contributed by atoms with van der Waals surface area (Å²) in [6, 6.07) is 19.7. The van der Waals surface area contributed by atoms with Gasteiger partial charge in [0.1, 0.15) is 18.1 Å². The van der Waals surface area contributed by atoms with Gasteiger partial charge in [0.2, 0.25) is 0 Å². The molecule has 0 amide bonds. The van der Waals surface area contributed by atoms with Crippen LogP contribution in [0.5, 0.6) is 11.5 Å². The Bertz CT molecular complexity index is 1160. The summed E-state index contributed by atoms with van der Waals surface area (Å²) >= 11 is 0. The molecule has 4 rings (SSSR count). The predicted molar refractivity (Wildman–Crippen MR) is 143 cm³/mol. The standard InChI is InChI=1S/C30H38N2O4/c1-24-5-10-28(11-6-24)36-23-30(34)15-3-17-31(19-16-30)22-26-8-12-27(13-9-26)35-20-4-18-32-21-25(2)7-14-29(32)33/h5-14,21,34H,3-4,15-20,22-23H2,1-2H3. The summed E-state index contributed by atoms with van der Waals surface area (Å²) in [6.45, 7) is 8.23. The second-order valence-corrected chi connectivity index (χ2v) is 10.0. The van der Waals surface area contributed by atoms with Crippen LogP contribution in [0, 0.1) is 13.8 Å². The lowest BCUT2D eigenvalue weighted by molar-refractivity contribution is -0.0168. The lowest BCUT2D eigenvalue weighted by Gasteiger charge is -2.27. The lowest BCUT2D eigenvalue weighted by Crippen LogP contribution is -2.37. The van der Waals surface area contributed by atoms with E-state index in [1.165, 1.54) is 11.1 Å². The van der Waals surface area contributed by atoms with Crippen molar-refractivity contribution >= 4 is 0 Å². The zero-order valence-corrected chi connectivity index (χ0v) is 21.5. The summed E-state index contributed by atoms with van der Waals surface area (Å²) in [5.41, 5.74) is 2.74. The first-order valence-electron chi connectivity index (χ1n) is 12.9. The number of rotatable bonds is 10. The van der Waals surface area contributed by atoms with Crippen molar-refractivity contribution in [2.24, 2.45) is 0 Å². The quantitative estimate of drug-likeness (QED) is 0.416. The predicted octanol–water partition coefficient (Wildman–Crippen LogP) is 4.73. The number of benzene rings is 2. The van der Waals surface area contributed by atoms with E-state index in [9.17, 15) is 9.90 Å². The molecule has 2 heterocycles. The maximum atomic E-state index is 11.9. The molecule has 3 aromatic rings. The van der Waals surface area contributed by atoms with E-state index in [1.807, 2.05) is 55.6 Å². The molecule has 2 aromatic carbocycles. The molecule has 1 fully saturated rings. The first-order valence-corrected chi connectivity index (χ1v) is 12.9. The molecular weight excluding hydrogens is 452 g/mol. The van der Waals surface area contributed by atoms with Gasteiger partial charge >= 0.3 is 0 Å². The van der Waals surface area contributed by atoms with Gasteiger partial charge in [0.05, 0.1) is 12.2 Å². The number of aromatic nitrogens is 1. The highest BCUT2D eigenvalue weighted by molar-refractivity contribution is 5.27. The first kappa shape index (κ1) is 26.0. The number of hydrogen-bond acceptors (Lipinski definition) is 5. The van der Waals surface area contributed by atoms with E-state index >= 15 is 0 Å². The number of aryl methyl sites for hydroxylation is 3. The highest BCUT2D eigenvalue weighted by Gasteiger charge is 2.31. The van der Waals surface area contributed by atoms with Crippen LogP contribution in [0.2, 0.25) is 0 Å². The maximum absolute atomic E-state index is 11.9. The van der Waals surface area contributed by atoms with Crippen LogP contribution in [0.3, 0.4) is 0 Å². The molecule has 6 heteroatoms. The van der Waals surface area contributed by atoms with E-state index in [2.05, 4.69) is 24.0 Å². The third-order valence-corrected chi connectivity index (χ3v) is 6.81. The Morgan fingerprint density at radius 3 is 2.33 bits per heavy atom. The summed E-state index contributed by atoms with van der Waals surface area (Å²) in [5.74, 6) is 1.65. The van der Waals surface area contributed by atoms with Gasteiger partial charge in [-0.3, -0.25) is 9.69 Å². The number of hydrogen-bond donors (Lipinski definition) is 1. The van der Waals surface area contributed by atoms with Gasteiger partial charge < -0.3 is 19.1 Å². The van der Waals surface area contributed by atoms with Crippen molar-refractivity contribution in [2.45, 2.75) is 58.2 Å². The fourth-order valence-corrected chi connectivity index (χ4v) is 4.59. The first-order chi connectivity index (χ1) is 17.4. The number of likely N-dealkylation sites (tertiary alicyclic amines) is 1. The van der Waals surface area contributed by atoms with Crippen molar-refractivity contribution in [1.29, 1.82) is 0 Å². The van der Waals surface area contributed by atoms with Gasteiger partial charge in [0.25, 0.3) is 5.56 Å². The molecule has 1 aliphatic rings. The number of ether oxygens (including phenoxy) is 2. The summed E-state index contributed by atoms with van der Waals surface area (Å²) in [5, 5.41) is 11.1. The maximum Gasteiger partial charge on any atom is 0.250 e. The Morgan fingerprint density at radius 2 is 1.56 bits per heavy atom. The van der Waals surface area contributed by atoms with Gasteiger partial charge in [-0.05, 0) is 81.5 Å². The Labute approximate surface area is 214 Å². The van der Waals surface area contributed by atoms with Gasteiger partial charge in [-0.15, -0.1) is 0 Å². The highest BCUT2D eigenvalue weighted by Crippen LogP contribution is 2.25. The molecule has 1 aromatic heterocycles. The monoisotopic (exact) mass is 490 g/mol. The molecule has 1 aliphatic heterocycles. The van der Waals surface area contributed by atoms with Crippen LogP contribution in [0.25, 0.3) is 0 Å². The molecule has 0 spiro atoms. The topological polar surface area (TPSA) is 63.9 Å². The molecular formula is C30H38N2O4. The van der Waals surface area contributed by atoms with Gasteiger partial charge in [-0.2, -0.15) is 0 Å². The smallest absolute Gasteiger partial charge is 0.250 e. The van der Waals surface area contributed by atoms with Crippen LogP contribution in [0.1, 0.15) is 42.4 Å². The number of pyridine rings is 1. The van der Waals surface area contributed by atoms with Gasteiger partial charge in [-0.1, -0.05) is 35.9 Å². The van der Waals surface area contributed by atoms with Crippen molar-refractivity contribution in [1.82, 2.24) is 9.47 Å². The third-order valence-electron chi connectivity index (χ3n) is 6.81. The van der Waals surface area contributed by atoms with Crippen LogP contribution in [0.4, 0.5) is 0 Å². The van der Waals surface area contributed by atoms with Gasteiger partial charge in [0.15, 0.2) is 0 Å². The van der Waals surface area contributed by atoms with E-state index in [4.69, 9.17) is 9.47 Å². The van der Waals surface area contributed by atoms with E-state index in [-0.39, 0.29) is 5.56 Å². The molecule has 1 N–H and O–H groups in total. The normalized spacial score (nSPS) is 18.5. The zero-order chi connectivity index (χ0) is 25.4. The second-order valence-electron chi connectivity index (χ2n) is 10.0. The minimum Gasteiger partial charge on any atom is -0.494 e. The molecule has 0 aliphatic carbocycles. The fourth-order valence-electron chi connectivity index (χ4n) is 4.59. The Hall–Kier alpha value is -3.09. The minimum absolute atomic E-state index is 0.0238. The molecule has 1 saturated heterocycles. The minimum atomic E-state index is -0.791. The molecule has 6 nitrogen and oxygen atoms in total. The SMILES string of the molecule is Cc1ccc(OCC2(O)CCCN(Cc3ccc(OCCCn4cc(C)ccc4=O)cc3)CC2)cc1. The largest absolute Gasteiger partial charge is 0.494 e. The summed E-state index contributed by atoms with van der Waals surface area (Å²) in [6.07, 6.45) is 5.05. The molecule has 192 valence electrons. The van der Waals surface area contributed by atoms with E-state index < -0.39 is 5.60 Å². The zero-order valence-electron chi connectivity index (χ0n) is 21.5. The van der Waals surface area contributed by atoms with Gasteiger partial charge in [-0.25, -0.2) is 0 Å². The highest BCUT2D eigenvalue weighted by atomic mass is 16.5. The molecule has 0 saturated carbocycles. The average Bonchev–Trinajstić information content (AvgIpc) is 3.06. The van der Waals surface area contributed by atoms with Crippen molar-refractivity contribution in [3.05, 3.63) is 93.9 Å². The molecule has 36 heavy (non-hydrogen) atoms. The van der Waals surface area contributed by atoms with Crippen LogP contribution >= 0.6 is 0 Å². The van der Waals surface area contributed by atoms with E-state index in [1.54, 1.807) is 10.6 Å².